The van der Waals surface area contributed by atoms with Gasteiger partial charge < -0.3 is 4.74 Å². The first-order chi connectivity index (χ1) is 9.41. The summed E-state index contributed by atoms with van der Waals surface area (Å²) in [6.45, 7) is 8.77. The van der Waals surface area contributed by atoms with Crippen molar-refractivity contribution in [3.8, 4) is 11.5 Å². The second kappa shape index (κ2) is 6.01. The summed E-state index contributed by atoms with van der Waals surface area (Å²) in [6.07, 6.45) is 0. The predicted octanol–water partition coefficient (Wildman–Crippen LogP) is 5.98. The van der Waals surface area contributed by atoms with Crippen LogP contribution in [0, 0.1) is 6.92 Å². The van der Waals surface area contributed by atoms with Crippen LogP contribution in [-0.2, 0) is 10.7 Å². The van der Waals surface area contributed by atoms with E-state index in [2.05, 4.69) is 67.9 Å². The minimum absolute atomic E-state index is 0.164. The molecule has 0 saturated carbocycles. The number of hydrogen-bond acceptors (Lipinski definition) is 1. The highest BCUT2D eigenvalue weighted by atomic mass is 79.9. The number of halogens is 1. The zero-order valence-corrected chi connectivity index (χ0v) is 14.1. The SMILES string of the molecule is Cc1cc(C(C)(C)C)ccc1Oc1ccccc1CBr. The molecule has 2 rings (SSSR count). The van der Waals surface area contributed by atoms with Crippen molar-refractivity contribution in [1.82, 2.24) is 0 Å². The second-order valence-corrected chi connectivity index (χ2v) is 6.63. The lowest BCUT2D eigenvalue weighted by Gasteiger charge is -2.21. The van der Waals surface area contributed by atoms with Crippen LogP contribution >= 0.6 is 15.9 Å². The number of rotatable bonds is 3. The van der Waals surface area contributed by atoms with Crippen molar-refractivity contribution in [3.05, 3.63) is 59.2 Å². The molecule has 0 fully saturated rings. The van der Waals surface area contributed by atoms with Crippen LogP contribution < -0.4 is 4.74 Å². The molecule has 0 atom stereocenters. The Hall–Kier alpha value is -1.28. The van der Waals surface area contributed by atoms with Gasteiger partial charge in [-0.3, -0.25) is 0 Å². The Morgan fingerprint density at radius 3 is 2.30 bits per heavy atom. The minimum Gasteiger partial charge on any atom is -0.457 e. The summed E-state index contributed by atoms with van der Waals surface area (Å²) in [5.41, 5.74) is 3.82. The summed E-state index contributed by atoms with van der Waals surface area (Å²) >= 11 is 3.50. The van der Waals surface area contributed by atoms with E-state index in [-0.39, 0.29) is 5.41 Å². The maximum atomic E-state index is 6.07. The molecular formula is C18H21BrO. The Kier molecular flexibility index (Phi) is 4.54. The fraction of sp³-hybridized carbons (Fsp3) is 0.333. The Bertz CT molecular complexity index is 597. The predicted molar refractivity (Wildman–Crippen MR) is 89.0 cm³/mol. The van der Waals surface area contributed by atoms with E-state index >= 15 is 0 Å². The molecule has 0 aliphatic carbocycles. The zero-order chi connectivity index (χ0) is 14.8. The van der Waals surface area contributed by atoms with Gasteiger partial charge in [-0.05, 0) is 35.6 Å². The molecule has 0 spiro atoms. The zero-order valence-electron chi connectivity index (χ0n) is 12.5. The summed E-state index contributed by atoms with van der Waals surface area (Å²) in [6, 6.07) is 14.5. The van der Waals surface area contributed by atoms with Crippen molar-refractivity contribution in [1.29, 1.82) is 0 Å². The molecule has 0 aromatic heterocycles. The summed E-state index contributed by atoms with van der Waals surface area (Å²) in [5, 5.41) is 0.794. The summed E-state index contributed by atoms with van der Waals surface area (Å²) in [7, 11) is 0. The molecule has 0 aliphatic heterocycles. The number of para-hydroxylation sites is 1. The van der Waals surface area contributed by atoms with E-state index in [9.17, 15) is 0 Å². The molecule has 2 aromatic carbocycles. The second-order valence-electron chi connectivity index (χ2n) is 6.07. The van der Waals surface area contributed by atoms with Crippen molar-refractivity contribution in [2.45, 2.75) is 38.4 Å². The first kappa shape index (κ1) is 15.1. The highest BCUT2D eigenvalue weighted by Crippen LogP contribution is 2.32. The molecule has 0 N–H and O–H groups in total. The third-order valence-corrected chi connectivity index (χ3v) is 3.98. The molecular weight excluding hydrogens is 312 g/mol. The van der Waals surface area contributed by atoms with Crippen LogP contribution in [-0.4, -0.2) is 0 Å². The maximum Gasteiger partial charge on any atom is 0.131 e. The maximum absolute atomic E-state index is 6.07. The molecule has 0 radical (unpaired) electrons. The average Bonchev–Trinajstić information content (AvgIpc) is 2.40. The van der Waals surface area contributed by atoms with Crippen LogP contribution in [0.4, 0.5) is 0 Å². The lowest BCUT2D eigenvalue weighted by molar-refractivity contribution is 0.473. The number of hydrogen-bond donors (Lipinski definition) is 0. The first-order valence-corrected chi connectivity index (χ1v) is 7.97. The molecule has 0 saturated heterocycles. The van der Waals surface area contributed by atoms with Gasteiger partial charge in [-0.25, -0.2) is 0 Å². The third-order valence-electron chi connectivity index (χ3n) is 3.38. The summed E-state index contributed by atoms with van der Waals surface area (Å²) < 4.78 is 6.07. The van der Waals surface area contributed by atoms with Crippen LogP contribution in [0.3, 0.4) is 0 Å². The molecule has 106 valence electrons. The molecule has 2 aromatic rings. The molecule has 0 aliphatic rings. The van der Waals surface area contributed by atoms with Gasteiger partial charge in [0, 0.05) is 10.9 Å². The van der Waals surface area contributed by atoms with Crippen LogP contribution in [0.2, 0.25) is 0 Å². The van der Waals surface area contributed by atoms with Crippen molar-refractivity contribution in [2.24, 2.45) is 0 Å². The van der Waals surface area contributed by atoms with Crippen LogP contribution in [0.5, 0.6) is 11.5 Å². The van der Waals surface area contributed by atoms with Gasteiger partial charge in [0.1, 0.15) is 11.5 Å². The number of aryl methyl sites for hydroxylation is 1. The van der Waals surface area contributed by atoms with Gasteiger partial charge in [0.05, 0.1) is 0 Å². The van der Waals surface area contributed by atoms with Gasteiger partial charge in [0.15, 0.2) is 0 Å². The van der Waals surface area contributed by atoms with E-state index in [1.807, 2.05) is 18.2 Å². The summed E-state index contributed by atoms with van der Waals surface area (Å²) in [4.78, 5) is 0. The van der Waals surface area contributed by atoms with Gasteiger partial charge in [-0.1, -0.05) is 67.0 Å². The number of alkyl halides is 1. The molecule has 0 heterocycles. The summed E-state index contributed by atoms with van der Waals surface area (Å²) in [5.74, 6) is 1.84. The van der Waals surface area contributed by atoms with Crippen LogP contribution in [0.25, 0.3) is 0 Å². The highest BCUT2D eigenvalue weighted by Gasteiger charge is 2.15. The van der Waals surface area contributed by atoms with E-state index in [0.29, 0.717) is 0 Å². The molecule has 2 heteroatoms. The van der Waals surface area contributed by atoms with Gasteiger partial charge in [0.2, 0.25) is 0 Å². The Balaban J connectivity index is 2.31. The normalized spacial score (nSPS) is 11.4. The molecule has 0 bridgehead atoms. The van der Waals surface area contributed by atoms with E-state index in [1.54, 1.807) is 0 Å². The topological polar surface area (TPSA) is 9.23 Å². The number of benzene rings is 2. The van der Waals surface area contributed by atoms with Gasteiger partial charge in [-0.2, -0.15) is 0 Å². The Morgan fingerprint density at radius 2 is 1.70 bits per heavy atom. The fourth-order valence-corrected chi connectivity index (χ4v) is 2.53. The van der Waals surface area contributed by atoms with Crippen LogP contribution in [0.15, 0.2) is 42.5 Å². The standard InChI is InChI=1S/C18H21BrO/c1-13-11-15(18(2,3)4)9-10-16(13)20-17-8-6-5-7-14(17)12-19/h5-11H,12H2,1-4H3. The molecule has 20 heavy (non-hydrogen) atoms. The van der Waals surface area contributed by atoms with Gasteiger partial charge in [-0.15, -0.1) is 0 Å². The van der Waals surface area contributed by atoms with Crippen molar-refractivity contribution in [3.63, 3.8) is 0 Å². The Morgan fingerprint density at radius 1 is 1.00 bits per heavy atom. The van der Waals surface area contributed by atoms with Gasteiger partial charge in [0.25, 0.3) is 0 Å². The average molecular weight is 333 g/mol. The molecule has 0 unspecified atom stereocenters. The van der Waals surface area contributed by atoms with Crippen molar-refractivity contribution < 1.29 is 4.74 Å². The highest BCUT2D eigenvalue weighted by molar-refractivity contribution is 9.08. The van der Waals surface area contributed by atoms with E-state index in [1.165, 1.54) is 11.1 Å². The van der Waals surface area contributed by atoms with Gasteiger partial charge >= 0.3 is 0 Å². The van der Waals surface area contributed by atoms with Crippen molar-refractivity contribution >= 4 is 15.9 Å². The smallest absolute Gasteiger partial charge is 0.131 e. The lowest BCUT2D eigenvalue weighted by Crippen LogP contribution is -2.11. The Labute approximate surface area is 130 Å². The fourth-order valence-electron chi connectivity index (χ4n) is 2.06. The monoisotopic (exact) mass is 332 g/mol. The quantitative estimate of drug-likeness (QED) is 0.628. The molecule has 1 nitrogen and oxygen atoms in total. The number of ether oxygens (including phenoxy) is 1. The van der Waals surface area contributed by atoms with Crippen LogP contribution in [0.1, 0.15) is 37.5 Å². The van der Waals surface area contributed by atoms with E-state index in [0.717, 1.165) is 22.4 Å². The van der Waals surface area contributed by atoms with Crippen molar-refractivity contribution in [2.75, 3.05) is 0 Å². The third kappa shape index (κ3) is 3.43. The molecule has 0 amide bonds. The van der Waals surface area contributed by atoms with E-state index in [4.69, 9.17) is 4.74 Å². The largest absolute Gasteiger partial charge is 0.457 e. The lowest BCUT2D eigenvalue weighted by atomic mass is 9.86. The van der Waals surface area contributed by atoms with E-state index < -0.39 is 0 Å². The first-order valence-electron chi connectivity index (χ1n) is 6.84. The minimum atomic E-state index is 0.164.